The number of thiophene rings is 1. The van der Waals surface area contributed by atoms with Crippen molar-refractivity contribution < 1.29 is 40.3 Å². The van der Waals surface area contributed by atoms with E-state index in [1.165, 1.54) is 18.2 Å². The average Bonchev–Trinajstić information content (AvgIpc) is 3.27. The monoisotopic (exact) mass is 557 g/mol. The zero-order valence-electron chi connectivity index (χ0n) is 19.1. The summed E-state index contributed by atoms with van der Waals surface area (Å²) in [7, 11) is 0. The number of hydrogen-bond donors (Lipinski definition) is 2. The van der Waals surface area contributed by atoms with E-state index < -0.39 is 54.7 Å². The van der Waals surface area contributed by atoms with Crippen LogP contribution in [0.15, 0.2) is 28.7 Å². The van der Waals surface area contributed by atoms with Crippen LogP contribution in [0.25, 0.3) is 10.2 Å². The van der Waals surface area contributed by atoms with Crippen LogP contribution in [-0.2, 0) is 6.54 Å². The van der Waals surface area contributed by atoms with Crippen molar-refractivity contribution in [3.05, 3.63) is 63.3 Å². The van der Waals surface area contributed by atoms with Crippen LogP contribution in [0, 0.1) is 0 Å². The van der Waals surface area contributed by atoms with Gasteiger partial charge in [-0.25, -0.2) is 31.3 Å². The van der Waals surface area contributed by atoms with E-state index in [1.54, 1.807) is 0 Å². The molecule has 8 nitrogen and oxygen atoms in total. The molecule has 1 aliphatic carbocycles. The van der Waals surface area contributed by atoms with Gasteiger partial charge in [0.1, 0.15) is 32.5 Å². The van der Waals surface area contributed by atoms with Crippen molar-refractivity contribution in [2.24, 2.45) is 5.73 Å². The first-order chi connectivity index (χ1) is 18.0. The van der Waals surface area contributed by atoms with Gasteiger partial charge in [-0.05, 0) is 48.6 Å². The highest BCUT2D eigenvalue weighted by molar-refractivity contribution is 7.21. The molecule has 4 aromatic rings. The van der Waals surface area contributed by atoms with E-state index in [0.717, 1.165) is 24.2 Å². The maximum atomic E-state index is 13.4. The van der Waals surface area contributed by atoms with Gasteiger partial charge in [0, 0.05) is 5.39 Å². The third kappa shape index (κ3) is 4.85. The zero-order valence-corrected chi connectivity index (χ0v) is 19.9. The Labute approximate surface area is 213 Å². The molecule has 2 amide bonds. The minimum Gasteiger partial charge on any atom is -0.454 e. The largest absolute Gasteiger partial charge is 0.454 e. The van der Waals surface area contributed by atoms with Crippen LogP contribution >= 0.6 is 11.3 Å². The highest BCUT2D eigenvalue weighted by Crippen LogP contribution is 2.48. The number of alkyl halides is 6. The Morgan fingerprint density at radius 1 is 1.08 bits per heavy atom. The summed E-state index contributed by atoms with van der Waals surface area (Å²) in [5.41, 5.74) is 3.96. The molecule has 3 N–H and O–H groups in total. The molecule has 1 saturated carbocycles. The fraction of sp³-hybridized carbons (Fsp3) is 0.304. The molecule has 1 aliphatic rings. The topological polar surface area (TPSA) is 116 Å². The molecule has 0 saturated heterocycles. The van der Waals surface area contributed by atoms with Crippen LogP contribution in [0.5, 0.6) is 0 Å². The summed E-state index contributed by atoms with van der Waals surface area (Å²) in [6.45, 7) is -0.459. The fourth-order valence-corrected chi connectivity index (χ4v) is 5.06. The van der Waals surface area contributed by atoms with Gasteiger partial charge in [-0.15, -0.1) is 11.3 Å². The number of nitrogens with two attached hydrogens (primary N) is 1. The van der Waals surface area contributed by atoms with Crippen molar-refractivity contribution in [2.45, 2.75) is 44.6 Å². The second kappa shape index (κ2) is 9.78. The number of hydrogen-bond acceptors (Lipinski definition) is 6. The van der Waals surface area contributed by atoms with Gasteiger partial charge < -0.3 is 15.5 Å². The van der Waals surface area contributed by atoms with Crippen molar-refractivity contribution >= 4 is 39.1 Å². The number of aromatic nitrogens is 3. The maximum absolute atomic E-state index is 13.4. The Morgan fingerprint density at radius 2 is 1.79 bits per heavy atom. The molecule has 1 fully saturated rings. The van der Waals surface area contributed by atoms with Crippen molar-refractivity contribution in [1.82, 2.24) is 14.8 Å². The summed E-state index contributed by atoms with van der Waals surface area (Å²) >= 11 is 0.768. The predicted molar refractivity (Wildman–Crippen MR) is 123 cm³/mol. The standard InChI is InChI=1S/C23H17F6N5O3S/c24-18(25)11-5-10(8-1-2-8)15-16(17(21(30)35)38-23(15)31-11)32-22(36)14-4-3-9(37-14)7-34-13(20(28)29)6-12(33-34)19(26)27/h3-6,8,18-20H,1-2,7H2,(H2,30,35)(H,32,36). The summed E-state index contributed by atoms with van der Waals surface area (Å²) < 4.78 is 85.3. The molecule has 200 valence electrons. The number of primary amides is 1. The third-order valence-corrected chi connectivity index (χ3v) is 6.98. The number of carbonyl (C=O) groups is 2. The molecule has 0 atom stereocenters. The molecule has 0 bridgehead atoms. The molecule has 4 aromatic heterocycles. The number of carbonyl (C=O) groups excluding carboxylic acids is 2. The van der Waals surface area contributed by atoms with E-state index in [2.05, 4.69) is 15.4 Å². The lowest BCUT2D eigenvalue weighted by Crippen LogP contribution is -2.16. The Bertz CT molecular complexity index is 1540. The molecular formula is C23H17F6N5O3S. The normalized spacial score (nSPS) is 13.8. The van der Waals surface area contributed by atoms with Gasteiger partial charge >= 0.3 is 0 Å². The first-order valence-corrected chi connectivity index (χ1v) is 11.9. The van der Waals surface area contributed by atoms with Crippen LogP contribution in [0.2, 0.25) is 0 Å². The quantitative estimate of drug-likeness (QED) is 0.239. The van der Waals surface area contributed by atoms with Crippen LogP contribution in [0.3, 0.4) is 0 Å². The first-order valence-electron chi connectivity index (χ1n) is 11.1. The number of furan rings is 1. The van der Waals surface area contributed by atoms with E-state index in [9.17, 15) is 35.9 Å². The molecular weight excluding hydrogens is 540 g/mol. The summed E-state index contributed by atoms with van der Waals surface area (Å²) in [6, 6.07) is 4.34. The van der Waals surface area contributed by atoms with E-state index >= 15 is 0 Å². The van der Waals surface area contributed by atoms with E-state index in [-0.39, 0.29) is 32.8 Å². The van der Waals surface area contributed by atoms with Crippen LogP contribution in [-0.4, -0.2) is 26.6 Å². The SMILES string of the molecule is NC(=O)c1sc2nc(C(F)F)cc(C3CC3)c2c1NC(=O)c1ccc(Cn2nc(C(F)F)cc2C(F)F)o1. The first kappa shape index (κ1) is 25.8. The van der Waals surface area contributed by atoms with Crippen LogP contribution in [0.4, 0.5) is 32.0 Å². The Hall–Kier alpha value is -3.88. The van der Waals surface area contributed by atoms with E-state index in [1.807, 2.05) is 0 Å². The molecule has 38 heavy (non-hydrogen) atoms. The third-order valence-electron chi connectivity index (χ3n) is 5.88. The van der Waals surface area contributed by atoms with Crippen molar-refractivity contribution in [3.63, 3.8) is 0 Å². The van der Waals surface area contributed by atoms with Gasteiger partial charge in [0.15, 0.2) is 5.76 Å². The number of nitrogens with zero attached hydrogens (tertiary/aromatic N) is 3. The Morgan fingerprint density at radius 3 is 2.39 bits per heavy atom. The number of halogens is 6. The van der Waals surface area contributed by atoms with Gasteiger partial charge in [0.05, 0.1) is 12.2 Å². The average molecular weight is 557 g/mol. The second-order valence-corrected chi connectivity index (χ2v) is 9.53. The lowest BCUT2D eigenvalue weighted by atomic mass is 10.0. The molecule has 4 heterocycles. The van der Waals surface area contributed by atoms with Crippen molar-refractivity contribution in [1.29, 1.82) is 0 Å². The van der Waals surface area contributed by atoms with Gasteiger partial charge in [-0.2, -0.15) is 5.10 Å². The predicted octanol–water partition coefficient (Wildman–Crippen LogP) is 6.18. The maximum Gasteiger partial charge on any atom is 0.291 e. The molecule has 0 aromatic carbocycles. The highest BCUT2D eigenvalue weighted by atomic mass is 32.1. The summed E-state index contributed by atoms with van der Waals surface area (Å²) in [6.07, 6.45) is -7.50. The molecule has 15 heteroatoms. The van der Waals surface area contributed by atoms with Crippen LogP contribution in [0.1, 0.15) is 86.7 Å². The van der Waals surface area contributed by atoms with E-state index in [0.29, 0.717) is 21.7 Å². The number of amides is 2. The molecule has 0 aliphatic heterocycles. The number of fused-ring (bicyclic) bond motifs is 1. The Balaban J connectivity index is 1.46. The molecule has 0 radical (unpaired) electrons. The number of pyridine rings is 1. The number of nitrogens with one attached hydrogen (secondary N) is 1. The number of anilines is 1. The highest BCUT2D eigenvalue weighted by Gasteiger charge is 2.32. The zero-order chi connectivity index (χ0) is 27.3. The van der Waals surface area contributed by atoms with Crippen molar-refractivity contribution in [3.8, 4) is 0 Å². The fourth-order valence-electron chi connectivity index (χ4n) is 4.04. The van der Waals surface area contributed by atoms with Crippen molar-refractivity contribution in [2.75, 3.05) is 5.32 Å². The number of rotatable bonds is 9. The summed E-state index contributed by atoms with van der Waals surface area (Å²) in [4.78, 5) is 29.1. The second-order valence-electron chi connectivity index (χ2n) is 8.54. The lowest BCUT2D eigenvalue weighted by Gasteiger charge is -2.09. The van der Waals surface area contributed by atoms with Gasteiger partial charge in [-0.3, -0.25) is 14.3 Å². The van der Waals surface area contributed by atoms with Gasteiger partial charge in [-0.1, -0.05) is 0 Å². The molecule has 5 rings (SSSR count). The smallest absolute Gasteiger partial charge is 0.291 e. The minimum absolute atomic E-state index is 0.00399. The summed E-state index contributed by atoms with van der Waals surface area (Å²) in [5, 5.41) is 6.34. The minimum atomic E-state index is -3.08. The van der Waals surface area contributed by atoms with Crippen LogP contribution < -0.4 is 11.1 Å². The molecule has 0 spiro atoms. The van der Waals surface area contributed by atoms with Gasteiger partial charge in [0.25, 0.3) is 31.1 Å². The Kier molecular flexibility index (Phi) is 6.63. The van der Waals surface area contributed by atoms with E-state index in [4.69, 9.17) is 10.2 Å². The molecule has 0 unspecified atom stereocenters. The lowest BCUT2D eigenvalue weighted by molar-refractivity contribution is 0.0994. The van der Waals surface area contributed by atoms with Gasteiger partial charge in [0.2, 0.25) is 0 Å². The summed E-state index contributed by atoms with van der Waals surface area (Å²) in [5.74, 6) is -2.12.